The summed E-state index contributed by atoms with van der Waals surface area (Å²) >= 11 is 0. The maximum Gasteiger partial charge on any atom is 0.222 e. The second kappa shape index (κ2) is 6.89. The van der Waals surface area contributed by atoms with E-state index in [2.05, 4.69) is 22.2 Å². The highest BCUT2D eigenvalue weighted by molar-refractivity contribution is 5.59. The SMILES string of the molecule is C/C=C\c1nc(N)nc(NCCCCC)c1C. The Morgan fingerprint density at radius 1 is 1.29 bits per heavy atom. The molecule has 3 N–H and O–H groups in total. The molecule has 1 aromatic heterocycles. The van der Waals surface area contributed by atoms with Crippen molar-refractivity contribution in [3.8, 4) is 0 Å². The predicted molar refractivity (Wildman–Crippen MR) is 73.9 cm³/mol. The molecule has 0 atom stereocenters. The number of aromatic nitrogens is 2. The maximum absolute atomic E-state index is 5.69. The van der Waals surface area contributed by atoms with Gasteiger partial charge in [0.2, 0.25) is 5.95 Å². The van der Waals surface area contributed by atoms with E-state index in [1.807, 2.05) is 26.0 Å². The van der Waals surface area contributed by atoms with E-state index < -0.39 is 0 Å². The number of nitrogens with one attached hydrogen (secondary N) is 1. The van der Waals surface area contributed by atoms with Crippen molar-refractivity contribution in [3.63, 3.8) is 0 Å². The van der Waals surface area contributed by atoms with Gasteiger partial charge in [-0.25, -0.2) is 4.98 Å². The number of unbranched alkanes of at least 4 members (excludes halogenated alkanes) is 2. The standard InChI is InChI=1S/C13H22N4/c1-4-6-7-9-15-12-10(3)11(8-5-2)16-13(14)17-12/h5,8H,4,6-7,9H2,1-3H3,(H3,14,15,16,17)/b8-5-. The molecule has 1 aromatic rings. The van der Waals surface area contributed by atoms with Gasteiger partial charge >= 0.3 is 0 Å². The van der Waals surface area contributed by atoms with Crippen molar-refractivity contribution in [1.29, 1.82) is 0 Å². The number of anilines is 2. The first-order valence-electron chi connectivity index (χ1n) is 6.19. The summed E-state index contributed by atoms with van der Waals surface area (Å²) in [5, 5.41) is 3.32. The Labute approximate surface area is 103 Å². The van der Waals surface area contributed by atoms with Crippen LogP contribution in [-0.2, 0) is 0 Å². The topological polar surface area (TPSA) is 63.8 Å². The van der Waals surface area contributed by atoms with Crippen molar-refractivity contribution in [2.45, 2.75) is 40.0 Å². The quantitative estimate of drug-likeness (QED) is 0.743. The second-order valence-electron chi connectivity index (χ2n) is 4.07. The molecule has 0 amide bonds. The predicted octanol–water partition coefficient (Wildman–Crippen LogP) is 3.00. The largest absolute Gasteiger partial charge is 0.370 e. The van der Waals surface area contributed by atoms with Crippen molar-refractivity contribution >= 4 is 17.8 Å². The molecule has 0 saturated carbocycles. The molecule has 1 heterocycles. The van der Waals surface area contributed by atoms with Crippen LogP contribution >= 0.6 is 0 Å². The van der Waals surface area contributed by atoms with E-state index in [9.17, 15) is 0 Å². The van der Waals surface area contributed by atoms with Crippen molar-refractivity contribution in [2.24, 2.45) is 0 Å². The number of nitrogen functional groups attached to an aromatic ring is 1. The van der Waals surface area contributed by atoms with Crippen LogP contribution in [0.2, 0.25) is 0 Å². The average molecular weight is 234 g/mol. The lowest BCUT2D eigenvalue weighted by Gasteiger charge is -2.10. The Morgan fingerprint density at radius 3 is 2.71 bits per heavy atom. The van der Waals surface area contributed by atoms with Crippen LogP contribution in [0.25, 0.3) is 6.08 Å². The van der Waals surface area contributed by atoms with Gasteiger partial charge in [0.05, 0.1) is 5.69 Å². The van der Waals surface area contributed by atoms with Crippen molar-refractivity contribution < 1.29 is 0 Å². The van der Waals surface area contributed by atoms with E-state index in [-0.39, 0.29) is 0 Å². The Balaban J connectivity index is 2.77. The third kappa shape index (κ3) is 4.06. The fourth-order valence-corrected chi connectivity index (χ4v) is 1.63. The van der Waals surface area contributed by atoms with Gasteiger partial charge in [0, 0.05) is 12.1 Å². The van der Waals surface area contributed by atoms with Gasteiger partial charge in [0.1, 0.15) is 5.82 Å². The lowest BCUT2D eigenvalue weighted by molar-refractivity contribution is 0.742. The highest BCUT2D eigenvalue weighted by Crippen LogP contribution is 2.17. The summed E-state index contributed by atoms with van der Waals surface area (Å²) in [5.74, 6) is 1.17. The highest BCUT2D eigenvalue weighted by atomic mass is 15.1. The number of rotatable bonds is 6. The van der Waals surface area contributed by atoms with Crippen molar-refractivity contribution in [1.82, 2.24) is 9.97 Å². The van der Waals surface area contributed by atoms with Crippen LogP contribution in [-0.4, -0.2) is 16.5 Å². The zero-order chi connectivity index (χ0) is 12.7. The molecule has 0 bridgehead atoms. The number of hydrogen-bond donors (Lipinski definition) is 2. The maximum atomic E-state index is 5.69. The monoisotopic (exact) mass is 234 g/mol. The van der Waals surface area contributed by atoms with E-state index in [1.165, 1.54) is 12.8 Å². The zero-order valence-electron chi connectivity index (χ0n) is 11.0. The van der Waals surface area contributed by atoms with Gasteiger partial charge in [-0.1, -0.05) is 25.8 Å². The fourth-order valence-electron chi connectivity index (χ4n) is 1.63. The Hall–Kier alpha value is -1.58. The normalized spacial score (nSPS) is 11.0. The van der Waals surface area contributed by atoms with Crippen LogP contribution < -0.4 is 11.1 Å². The molecule has 4 nitrogen and oxygen atoms in total. The molecular formula is C13H22N4. The first kappa shape index (κ1) is 13.5. The lowest BCUT2D eigenvalue weighted by atomic mass is 10.2. The molecule has 0 radical (unpaired) electrons. The molecule has 0 aliphatic rings. The van der Waals surface area contributed by atoms with E-state index in [4.69, 9.17) is 5.73 Å². The minimum absolute atomic E-state index is 0.321. The number of nitrogens with zero attached hydrogens (tertiary/aromatic N) is 2. The molecule has 0 spiro atoms. The van der Waals surface area contributed by atoms with E-state index in [0.717, 1.165) is 30.0 Å². The molecule has 0 fully saturated rings. The summed E-state index contributed by atoms with van der Waals surface area (Å²) in [4.78, 5) is 8.44. The minimum atomic E-state index is 0.321. The van der Waals surface area contributed by atoms with Crippen LogP contribution in [0.1, 0.15) is 44.4 Å². The first-order chi connectivity index (χ1) is 8.19. The Morgan fingerprint density at radius 2 is 2.06 bits per heavy atom. The summed E-state index contributed by atoms with van der Waals surface area (Å²) in [5.41, 5.74) is 7.63. The molecular weight excluding hydrogens is 212 g/mol. The summed E-state index contributed by atoms with van der Waals surface area (Å²) in [7, 11) is 0. The van der Waals surface area contributed by atoms with Gasteiger partial charge in [-0.2, -0.15) is 4.98 Å². The number of allylic oxidation sites excluding steroid dienone is 1. The molecule has 17 heavy (non-hydrogen) atoms. The smallest absolute Gasteiger partial charge is 0.222 e. The molecule has 0 aliphatic heterocycles. The van der Waals surface area contributed by atoms with Gasteiger partial charge < -0.3 is 11.1 Å². The zero-order valence-corrected chi connectivity index (χ0v) is 11.0. The minimum Gasteiger partial charge on any atom is -0.370 e. The molecule has 94 valence electrons. The van der Waals surface area contributed by atoms with Gasteiger partial charge in [-0.15, -0.1) is 0 Å². The van der Waals surface area contributed by atoms with Crippen molar-refractivity contribution in [3.05, 3.63) is 17.3 Å². The van der Waals surface area contributed by atoms with E-state index >= 15 is 0 Å². The Bertz CT molecular complexity index is 385. The Kier molecular flexibility index (Phi) is 5.46. The summed E-state index contributed by atoms with van der Waals surface area (Å²) in [6, 6.07) is 0. The average Bonchev–Trinajstić information content (AvgIpc) is 2.30. The first-order valence-corrected chi connectivity index (χ1v) is 6.19. The third-order valence-electron chi connectivity index (χ3n) is 2.60. The van der Waals surface area contributed by atoms with Gasteiger partial charge in [-0.3, -0.25) is 0 Å². The van der Waals surface area contributed by atoms with Gasteiger partial charge in [-0.05, 0) is 26.3 Å². The van der Waals surface area contributed by atoms with Crippen LogP contribution in [0, 0.1) is 6.92 Å². The third-order valence-corrected chi connectivity index (χ3v) is 2.60. The fraction of sp³-hybridized carbons (Fsp3) is 0.538. The highest BCUT2D eigenvalue weighted by Gasteiger charge is 2.06. The second-order valence-corrected chi connectivity index (χ2v) is 4.07. The molecule has 0 aliphatic carbocycles. The van der Waals surface area contributed by atoms with Crippen molar-refractivity contribution in [2.75, 3.05) is 17.6 Å². The van der Waals surface area contributed by atoms with E-state index in [1.54, 1.807) is 0 Å². The summed E-state index contributed by atoms with van der Waals surface area (Å²) in [6.07, 6.45) is 7.50. The van der Waals surface area contributed by atoms with Crippen LogP contribution in [0.15, 0.2) is 6.08 Å². The van der Waals surface area contributed by atoms with Crippen LogP contribution in [0.5, 0.6) is 0 Å². The van der Waals surface area contributed by atoms with E-state index in [0.29, 0.717) is 5.95 Å². The van der Waals surface area contributed by atoms with Crippen LogP contribution in [0.3, 0.4) is 0 Å². The lowest BCUT2D eigenvalue weighted by Crippen LogP contribution is -2.09. The summed E-state index contributed by atoms with van der Waals surface area (Å²) in [6.45, 7) is 7.10. The van der Waals surface area contributed by atoms with Crippen LogP contribution in [0.4, 0.5) is 11.8 Å². The van der Waals surface area contributed by atoms with Gasteiger partial charge in [0.15, 0.2) is 0 Å². The molecule has 0 saturated heterocycles. The summed E-state index contributed by atoms with van der Waals surface area (Å²) < 4.78 is 0. The molecule has 0 aromatic carbocycles. The number of hydrogen-bond acceptors (Lipinski definition) is 4. The number of nitrogens with two attached hydrogens (primary N) is 1. The molecule has 4 heteroatoms. The molecule has 1 rings (SSSR count). The van der Waals surface area contributed by atoms with Gasteiger partial charge in [0.25, 0.3) is 0 Å². The molecule has 0 unspecified atom stereocenters.